The summed E-state index contributed by atoms with van der Waals surface area (Å²) >= 11 is 3.62. The minimum Gasteiger partial charge on any atom is -0.459 e. The highest BCUT2D eigenvalue weighted by molar-refractivity contribution is 9.10. The van der Waals surface area contributed by atoms with Crippen molar-refractivity contribution in [2.24, 2.45) is 0 Å². The van der Waals surface area contributed by atoms with Crippen LogP contribution in [0.3, 0.4) is 0 Å². The molecule has 10 nitrogen and oxygen atoms in total. The molecule has 238 valence electrons. The van der Waals surface area contributed by atoms with Crippen molar-refractivity contribution in [2.45, 2.75) is 105 Å². The first-order valence-corrected chi connectivity index (χ1v) is 15.5. The number of carbonyl (C=O) groups excluding carboxylic acids is 3. The van der Waals surface area contributed by atoms with Crippen molar-refractivity contribution < 1.29 is 28.6 Å². The van der Waals surface area contributed by atoms with Crippen LogP contribution < -0.4 is 0 Å². The van der Waals surface area contributed by atoms with Crippen molar-refractivity contribution in [1.29, 1.82) is 0 Å². The van der Waals surface area contributed by atoms with Gasteiger partial charge in [-0.3, -0.25) is 34.1 Å². The van der Waals surface area contributed by atoms with E-state index in [-0.39, 0.29) is 37.5 Å². The van der Waals surface area contributed by atoms with E-state index in [0.29, 0.717) is 39.3 Å². The van der Waals surface area contributed by atoms with Crippen LogP contribution in [0.4, 0.5) is 0 Å². The third-order valence-corrected chi connectivity index (χ3v) is 6.34. The number of pyridine rings is 1. The quantitative estimate of drug-likeness (QED) is 0.320. The molecule has 0 unspecified atom stereocenters. The number of esters is 3. The first-order chi connectivity index (χ1) is 19.3. The van der Waals surface area contributed by atoms with E-state index in [0.717, 1.165) is 28.7 Å². The SMILES string of the molecule is CC(C)(C)OC(=O)CN1CCCN(CC(=O)OC(C)(C)C)Cc2cc(Br)cc(n2)CN(CC(=O)OC(C)(C)C)CCC1. The third-order valence-electron chi connectivity index (χ3n) is 5.88. The second-order valence-electron chi connectivity index (χ2n) is 13.9. The van der Waals surface area contributed by atoms with E-state index in [9.17, 15) is 14.4 Å². The van der Waals surface area contributed by atoms with Crippen molar-refractivity contribution >= 4 is 33.8 Å². The molecule has 0 amide bonds. The first kappa shape index (κ1) is 36.1. The van der Waals surface area contributed by atoms with Crippen molar-refractivity contribution in [3.8, 4) is 0 Å². The van der Waals surface area contributed by atoms with E-state index in [1.807, 2.05) is 84.2 Å². The molecule has 42 heavy (non-hydrogen) atoms. The van der Waals surface area contributed by atoms with Crippen LogP contribution in [0.15, 0.2) is 16.6 Å². The fourth-order valence-electron chi connectivity index (χ4n) is 4.63. The largest absolute Gasteiger partial charge is 0.459 e. The Labute approximate surface area is 260 Å². The third kappa shape index (κ3) is 16.0. The Balaban J connectivity index is 2.32. The van der Waals surface area contributed by atoms with Crippen LogP contribution in [0.25, 0.3) is 0 Å². The molecular weight excluding hydrogens is 604 g/mol. The van der Waals surface area contributed by atoms with Gasteiger partial charge in [-0.05, 0) is 100 Å². The van der Waals surface area contributed by atoms with Crippen molar-refractivity contribution in [3.63, 3.8) is 0 Å². The predicted molar refractivity (Wildman–Crippen MR) is 166 cm³/mol. The molecule has 1 aliphatic heterocycles. The van der Waals surface area contributed by atoms with Crippen molar-refractivity contribution in [3.05, 3.63) is 28.0 Å². The highest BCUT2D eigenvalue weighted by atomic mass is 79.9. The topological polar surface area (TPSA) is 102 Å². The van der Waals surface area contributed by atoms with Crippen LogP contribution in [-0.2, 0) is 41.7 Å². The van der Waals surface area contributed by atoms with Crippen LogP contribution in [0.1, 0.15) is 86.5 Å². The molecule has 1 aromatic rings. The van der Waals surface area contributed by atoms with Crippen LogP contribution in [0.5, 0.6) is 0 Å². The maximum absolute atomic E-state index is 12.8. The summed E-state index contributed by atoms with van der Waals surface area (Å²) in [7, 11) is 0. The van der Waals surface area contributed by atoms with E-state index in [1.165, 1.54) is 0 Å². The highest BCUT2D eigenvalue weighted by Gasteiger charge is 2.24. The van der Waals surface area contributed by atoms with Crippen LogP contribution in [0, 0.1) is 0 Å². The molecule has 0 aromatic carbocycles. The molecule has 0 N–H and O–H groups in total. The standard InChI is InChI=1S/C31H51BrN4O6/c1-29(2,3)40-26(37)20-34-12-10-14-35(21-27(38)41-30(4,5)6)18-24-16-23(32)17-25(33-24)19-36(15-11-13-34)22-28(39)42-31(7,8)9/h16-17H,10-15,18-22H2,1-9H3. The maximum Gasteiger partial charge on any atom is 0.320 e. The van der Waals surface area contributed by atoms with Crippen LogP contribution >= 0.6 is 15.9 Å². The van der Waals surface area contributed by atoms with Gasteiger partial charge in [0, 0.05) is 30.7 Å². The van der Waals surface area contributed by atoms with Gasteiger partial charge in [-0.15, -0.1) is 0 Å². The fourth-order valence-corrected chi connectivity index (χ4v) is 5.16. The van der Waals surface area contributed by atoms with Gasteiger partial charge in [-0.2, -0.15) is 0 Å². The maximum atomic E-state index is 12.8. The summed E-state index contributed by atoms with van der Waals surface area (Å²) in [5.74, 6) is -0.871. The monoisotopic (exact) mass is 654 g/mol. The van der Waals surface area contributed by atoms with Crippen LogP contribution in [0.2, 0.25) is 0 Å². The Kier molecular flexibility index (Phi) is 13.4. The smallest absolute Gasteiger partial charge is 0.320 e. The summed E-state index contributed by atoms with van der Waals surface area (Å²) in [5.41, 5.74) is -0.112. The van der Waals surface area contributed by atoms with Gasteiger partial charge in [-0.1, -0.05) is 15.9 Å². The Bertz CT molecular complexity index is 997. The number of halogens is 1. The molecule has 2 rings (SSSR count). The second-order valence-corrected chi connectivity index (χ2v) is 14.8. The molecule has 0 saturated heterocycles. The lowest BCUT2D eigenvalue weighted by atomic mass is 10.2. The predicted octanol–water partition coefficient (Wildman–Crippen LogP) is 4.57. The fraction of sp³-hybridized carbons (Fsp3) is 0.742. The van der Waals surface area contributed by atoms with E-state index >= 15 is 0 Å². The zero-order valence-corrected chi connectivity index (χ0v) is 28.6. The normalized spacial score (nSPS) is 17.3. The molecule has 0 fully saturated rings. The van der Waals surface area contributed by atoms with E-state index in [1.54, 1.807) is 0 Å². The van der Waals surface area contributed by atoms with E-state index in [2.05, 4.69) is 20.8 Å². The lowest BCUT2D eigenvalue weighted by molar-refractivity contribution is -0.157. The van der Waals surface area contributed by atoms with Gasteiger partial charge >= 0.3 is 17.9 Å². The number of nitrogens with zero attached hydrogens (tertiary/aromatic N) is 4. The van der Waals surface area contributed by atoms with Gasteiger partial charge < -0.3 is 14.2 Å². The summed E-state index contributed by atoms with van der Waals surface area (Å²) < 4.78 is 17.7. The molecule has 1 aliphatic rings. The molecule has 0 saturated carbocycles. The Morgan fingerprint density at radius 1 is 0.643 bits per heavy atom. The summed E-state index contributed by atoms with van der Waals surface area (Å²) in [5, 5.41) is 0. The molecule has 1 aromatic heterocycles. The first-order valence-electron chi connectivity index (χ1n) is 14.7. The number of ether oxygens (including phenoxy) is 3. The van der Waals surface area contributed by atoms with Gasteiger partial charge in [0.05, 0.1) is 31.0 Å². The summed E-state index contributed by atoms with van der Waals surface area (Å²) in [6, 6.07) is 3.90. The van der Waals surface area contributed by atoms with Gasteiger partial charge in [0.25, 0.3) is 0 Å². The van der Waals surface area contributed by atoms with Crippen LogP contribution in [-0.4, -0.2) is 100 Å². The van der Waals surface area contributed by atoms with Gasteiger partial charge in [0.1, 0.15) is 16.8 Å². The molecule has 0 radical (unpaired) electrons. The second kappa shape index (κ2) is 15.6. The lowest BCUT2D eigenvalue weighted by Gasteiger charge is -2.29. The number of hydrogen-bond acceptors (Lipinski definition) is 10. The Morgan fingerprint density at radius 3 is 1.29 bits per heavy atom. The number of aromatic nitrogens is 1. The molecule has 0 atom stereocenters. The molecular formula is C31H51BrN4O6. The lowest BCUT2D eigenvalue weighted by Crippen LogP contribution is -2.40. The van der Waals surface area contributed by atoms with Gasteiger partial charge in [0.2, 0.25) is 0 Å². The molecule has 11 heteroatoms. The van der Waals surface area contributed by atoms with E-state index < -0.39 is 16.8 Å². The van der Waals surface area contributed by atoms with Crippen molar-refractivity contribution in [2.75, 3.05) is 45.8 Å². The number of fused-ring (bicyclic) bond motifs is 2. The number of rotatable bonds is 6. The Morgan fingerprint density at radius 2 is 0.952 bits per heavy atom. The average molecular weight is 656 g/mol. The minimum atomic E-state index is -0.581. The number of hydrogen-bond donors (Lipinski definition) is 0. The number of carbonyl (C=O) groups is 3. The summed E-state index contributed by atoms with van der Waals surface area (Å²) in [4.78, 5) is 49.3. The summed E-state index contributed by atoms with van der Waals surface area (Å²) in [6.07, 6.45) is 1.46. The zero-order chi connectivity index (χ0) is 31.7. The molecule has 2 heterocycles. The van der Waals surface area contributed by atoms with Crippen molar-refractivity contribution in [1.82, 2.24) is 19.7 Å². The Hall–Kier alpha value is -2.08. The molecule has 0 aliphatic carbocycles. The summed E-state index contributed by atoms with van der Waals surface area (Å²) in [6.45, 7) is 20.6. The molecule has 0 spiro atoms. The highest BCUT2D eigenvalue weighted by Crippen LogP contribution is 2.18. The minimum absolute atomic E-state index is 0.123. The van der Waals surface area contributed by atoms with Gasteiger partial charge in [-0.25, -0.2) is 0 Å². The average Bonchev–Trinajstić information content (AvgIpc) is 2.73. The molecule has 2 bridgehead atoms. The van der Waals surface area contributed by atoms with Gasteiger partial charge in [0.15, 0.2) is 0 Å². The zero-order valence-electron chi connectivity index (χ0n) is 27.0. The van der Waals surface area contributed by atoms with E-state index in [4.69, 9.17) is 19.2 Å².